The SMILES string of the molecule is C=C(C)OC(=O)Nc1cc(-c2cc3cnc(NCCO)cc3nc2C)c(C)cc1F. The smallest absolute Gasteiger partial charge is 0.416 e. The number of hydrogen-bond acceptors (Lipinski definition) is 6. The zero-order valence-corrected chi connectivity index (χ0v) is 17.0. The van der Waals surface area contributed by atoms with Crippen LogP contribution in [0.15, 0.2) is 42.8 Å². The fourth-order valence-electron chi connectivity index (χ4n) is 3.07. The molecule has 0 spiro atoms. The number of carbonyl (C=O) groups is 1. The fourth-order valence-corrected chi connectivity index (χ4v) is 3.07. The molecule has 1 amide bonds. The van der Waals surface area contributed by atoms with Gasteiger partial charge in [0.1, 0.15) is 11.6 Å². The van der Waals surface area contributed by atoms with Gasteiger partial charge in [-0.05, 0) is 50.1 Å². The molecule has 0 aliphatic heterocycles. The van der Waals surface area contributed by atoms with E-state index in [1.165, 1.54) is 13.0 Å². The molecule has 0 unspecified atom stereocenters. The number of halogens is 1. The molecule has 7 nitrogen and oxygen atoms in total. The number of hydrogen-bond donors (Lipinski definition) is 3. The number of pyridine rings is 2. The number of amides is 1. The summed E-state index contributed by atoms with van der Waals surface area (Å²) in [5, 5.41) is 15.2. The standard InChI is InChI=1S/C22H23FN4O3/c1-12(2)30-22(29)27-20-9-16(13(3)7-18(20)23)17-8-15-11-25-21(24-5-6-28)10-19(15)26-14(17)4/h7-11,28H,1,5-6H2,2-4H3,(H,24,25)(H,27,29). The van der Waals surface area contributed by atoms with Gasteiger partial charge >= 0.3 is 6.09 Å². The summed E-state index contributed by atoms with van der Waals surface area (Å²) in [5.74, 6) is 0.259. The monoisotopic (exact) mass is 410 g/mol. The lowest BCUT2D eigenvalue weighted by atomic mass is 9.97. The third kappa shape index (κ3) is 4.72. The summed E-state index contributed by atoms with van der Waals surface area (Å²) in [7, 11) is 0. The molecule has 0 radical (unpaired) electrons. The molecule has 2 aromatic heterocycles. The van der Waals surface area contributed by atoms with Crippen molar-refractivity contribution in [1.82, 2.24) is 9.97 Å². The largest absolute Gasteiger partial charge is 0.416 e. The first kappa shape index (κ1) is 21.2. The van der Waals surface area contributed by atoms with E-state index in [2.05, 4.69) is 27.2 Å². The minimum atomic E-state index is -0.809. The molecule has 156 valence electrons. The molecule has 0 bridgehead atoms. The van der Waals surface area contributed by atoms with Gasteiger partial charge in [-0.25, -0.2) is 14.2 Å². The molecule has 0 aliphatic rings. The highest BCUT2D eigenvalue weighted by Gasteiger charge is 2.15. The third-order valence-corrected chi connectivity index (χ3v) is 4.42. The number of carbonyl (C=O) groups excluding carboxylic acids is 1. The maximum Gasteiger partial charge on any atom is 0.416 e. The lowest BCUT2D eigenvalue weighted by molar-refractivity contribution is 0.192. The molecular weight excluding hydrogens is 387 g/mol. The fraction of sp³-hybridized carbons (Fsp3) is 0.227. The molecule has 1 aromatic carbocycles. The van der Waals surface area contributed by atoms with Gasteiger partial charge in [-0.2, -0.15) is 0 Å². The molecular formula is C22H23FN4O3. The highest BCUT2D eigenvalue weighted by Crippen LogP contribution is 2.32. The number of aliphatic hydroxyl groups is 1. The van der Waals surface area contributed by atoms with Crippen molar-refractivity contribution in [2.24, 2.45) is 0 Å². The predicted molar refractivity (Wildman–Crippen MR) is 115 cm³/mol. The number of fused-ring (bicyclic) bond motifs is 1. The molecule has 3 N–H and O–H groups in total. The molecule has 3 rings (SSSR count). The number of aromatic nitrogens is 2. The Bertz CT molecular complexity index is 1130. The molecule has 0 fully saturated rings. The Morgan fingerprint density at radius 3 is 2.70 bits per heavy atom. The minimum Gasteiger partial charge on any atom is -0.416 e. The van der Waals surface area contributed by atoms with Crippen molar-refractivity contribution >= 4 is 28.5 Å². The first-order chi connectivity index (χ1) is 14.3. The normalized spacial score (nSPS) is 10.7. The number of nitrogens with one attached hydrogen (secondary N) is 2. The Balaban J connectivity index is 2.01. The third-order valence-electron chi connectivity index (χ3n) is 4.42. The second-order valence-electron chi connectivity index (χ2n) is 6.90. The van der Waals surface area contributed by atoms with E-state index in [-0.39, 0.29) is 18.1 Å². The molecule has 3 aromatic rings. The second-order valence-corrected chi connectivity index (χ2v) is 6.90. The molecule has 30 heavy (non-hydrogen) atoms. The maximum absolute atomic E-state index is 14.4. The molecule has 0 atom stereocenters. The topological polar surface area (TPSA) is 96.4 Å². The first-order valence-electron chi connectivity index (χ1n) is 9.35. The Labute approximate surface area is 173 Å². The van der Waals surface area contributed by atoms with Crippen molar-refractivity contribution < 1.29 is 19.0 Å². The van der Waals surface area contributed by atoms with E-state index < -0.39 is 11.9 Å². The zero-order valence-electron chi connectivity index (χ0n) is 17.0. The number of rotatable bonds is 6. The van der Waals surface area contributed by atoms with E-state index in [0.717, 1.165) is 27.7 Å². The van der Waals surface area contributed by atoms with Crippen LogP contribution in [-0.2, 0) is 4.74 Å². The van der Waals surface area contributed by atoms with Gasteiger partial charge in [0.25, 0.3) is 0 Å². The van der Waals surface area contributed by atoms with Gasteiger partial charge in [-0.1, -0.05) is 6.58 Å². The number of nitrogens with zero attached hydrogens (tertiary/aromatic N) is 2. The van der Waals surface area contributed by atoms with Crippen LogP contribution in [-0.4, -0.2) is 34.3 Å². The molecule has 0 saturated carbocycles. The van der Waals surface area contributed by atoms with Crippen molar-refractivity contribution in [3.8, 4) is 11.1 Å². The molecule has 2 heterocycles. The van der Waals surface area contributed by atoms with Crippen LogP contribution in [0.4, 0.5) is 20.7 Å². The zero-order chi connectivity index (χ0) is 21.8. The lowest BCUT2D eigenvalue weighted by Crippen LogP contribution is -2.13. The van der Waals surface area contributed by atoms with Crippen molar-refractivity contribution in [3.63, 3.8) is 0 Å². The van der Waals surface area contributed by atoms with Gasteiger partial charge in [0.2, 0.25) is 0 Å². The Morgan fingerprint density at radius 1 is 1.23 bits per heavy atom. The van der Waals surface area contributed by atoms with E-state index in [1.807, 2.05) is 13.0 Å². The Hall–Kier alpha value is -3.52. The van der Waals surface area contributed by atoms with E-state index in [0.29, 0.717) is 17.9 Å². The summed E-state index contributed by atoms with van der Waals surface area (Å²) in [6.45, 7) is 9.08. The van der Waals surface area contributed by atoms with Gasteiger partial charge in [-0.3, -0.25) is 10.3 Å². The summed E-state index contributed by atoms with van der Waals surface area (Å²) >= 11 is 0. The second kappa shape index (κ2) is 8.87. The van der Waals surface area contributed by atoms with Crippen LogP contribution >= 0.6 is 0 Å². The van der Waals surface area contributed by atoms with Gasteiger partial charge in [0, 0.05) is 35.5 Å². The summed E-state index contributed by atoms with van der Waals surface area (Å²) in [6.07, 6.45) is 0.879. The molecule has 0 saturated heterocycles. The average molecular weight is 410 g/mol. The quantitative estimate of drug-likeness (QED) is 0.517. The van der Waals surface area contributed by atoms with Gasteiger partial charge in [-0.15, -0.1) is 0 Å². The van der Waals surface area contributed by atoms with Gasteiger partial charge < -0.3 is 15.2 Å². The predicted octanol–water partition coefficient (Wildman–Crippen LogP) is 4.54. The van der Waals surface area contributed by atoms with E-state index >= 15 is 0 Å². The van der Waals surface area contributed by atoms with Crippen LogP contribution in [0.1, 0.15) is 18.2 Å². The van der Waals surface area contributed by atoms with Gasteiger partial charge in [0.05, 0.1) is 23.6 Å². The van der Waals surface area contributed by atoms with Crippen molar-refractivity contribution in [2.45, 2.75) is 20.8 Å². The van der Waals surface area contributed by atoms with Crippen LogP contribution in [0.3, 0.4) is 0 Å². The lowest BCUT2D eigenvalue weighted by Gasteiger charge is -2.14. The highest BCUT2D eigenvalue weighted by molar-refractivity contribution is 5.90. The summed E-state index contributed by atoms with van der Waals surface area (Å²) in [6, 6.07) is 6.65. The van der Waals surface area contributed by atoms with Crippen LogP contribution in [0.25, 0.3) is 22.0 Å². The highest BCUT2D eigenvalue weighted by atomic mass is 19.1. The number of ether oxygens (including phenoxy) is 1. The van der Waals surface area contributed by atoms with Crippen LogP contribution in [0, 0.1) is 19.7 Å². The molecule has 8 heteroatoms. The summed E-state index contributed by atoms with van der Waals surface area (Å²) < 4.78 is 19.3. The number of aryl methyl sites for hydroxylation is 2. The number of benzene rings is 1. The average Bonchev–Trinajstić information content (AvgIpc) is 2.67. The maximum atomic E-state index is 14.4. The summed E-state index contributed by atoms with van der Waals surface area (Å²) in [4.78, 5) is 20.8. The summed E-state index contributed by atoms with van der Waals surface area (Å²) in [5.41, 5.74) is 3.72. The Kier molecular flexibility index (Phi) is 6.27. The first-order valence-corrected chi connectivity index (χ1v) is 9.35. The minimum absolute atomic E-state index is 0.00280. The molecule has 0 aliphatic carbocycles. The van der Waals surface area contributed by atoms with Crippen molar-refractivity contribution in [3.05, 3.63) is 59.9 Å². The van der Waals surface area contributed by atoms with E-state index in [1.54, 1.807) is 25.3 Å². The van der Waals surface area contributed by atoms with Gasteiger partial charge in [0.15, 0.2) is 0 Å². The van der Waals surface area contributed by atoms with Crippen molar-refractivity contribution in [1.29, 1.82) is 0 Å². The number of allylic oxidation sites excluding steroid dienone is 1. The van der Waals surface area contributed by atoms with E-state index in [4.69, 9.17) is 9.84 Å². The van der Waals surface area contributed by atoms with Crippen LogP contribution in [0.5, 0.6) is 0 Å². The van der Waals surface area contributed by atoms with Crippen LogP contribution in [0.2, 0.25) is 0 Å². The Morgan fingerprint density at radius 2 is 2.00 bits per heavy atom. The van der Waals surface area contributed by atoms with Crippen molar-refractivity contribution in [2.75, 3.05) is 23.8 Å². The number of aliphatic hydroxyl groups excluding tert-OH is 1. The van der Waals surface area contributed by atoms with Crippen LogP contribution < -0.4 is 10.6 Å². The number of anilines is 2. The van der Waals surface area contributed by atoms with E-state index in [9.17, 15) is 9.18 Å².